The van der Waals surface area contributed by atoms with Gasteiger partial charge in [-0.05, 0) is 42.8 Å². The minimum Gasteiger partial charge on any atom is -0.507 e. The summed E-state index contributed by atoms with van der Waals surface area (Å²) in [4.78, 5) is 59.4. The molecule has 0 spiro atoms. The average molecular weight is 627 g/mol. The summed E-state index contributed by atoms with van der Waals surface area (Å²) in [6.07, 6.45) is 0. The Kier molecular flexibility index (Phi) is 9.51. The van der Waals surface area contributed by atoms with Crippen LogP contribution in [0.1, 0.15) is 58.3 Å². The molecule has 0 unspecified atom stereocenters. The van der Waals surface area contributed by atoms with Crippen LogP contribution in [0.4, 0.5) is 0 Å². The van der Waals surface area contributed by atoms with Gasteiger partial charge in [-0.1, -0.05) is 36.4 Å². The second kappa shape index (κ2) is 13.5. The second-order valence-electron chi connectivity index (χ2n) is 9.65. The summed E-state index contributed by atoms with van der Waals surface area (Å²) in [7, 11) is 2.67. The van der Waals surface area contributed by atoms with E-state index in [2.05, 4.69) is 0 Å². The van der Waals surface area contributed by atoms with Gasteiger partial charge in [-0.15, -0.1) is 0 Å². The predicted octanol–water partition coefficient (Wildman–Crippen LogP) is 5.07. The molecule has 12 heteroatoms. The molecule has 4 aromatic carbocycles. The van der Waals surface area contributed by atoms with E-state index in [1.165, 1.54) is 20.3 Å². The van der Waals surface area contributed by atoms with Crippen molar-refractivity contribution < 1.29 is 53.5 Å². The molecule has 0 bridgehead atoms. The van der Waals surface area contributed by atoms with E-state index in [4.69, 9.17) is 24.1 Å². The maximum atomic E-state index is 13.0. The normalized spacial score (nSPS) is 11.2. The SMILES string of the molecule is COc1cc(C)c2c(=O)c3c(oc2c1)C(=O)c1c(O)c(OC)cc(O)c1C3=O.O=C(O)c1ccccc1.O=C(O)c1ccccc1. The third kappa shape index (κ3) is 6.26. The number of carboxylic acids is 2. The number of aromatic hydroxyl groups is 2. The third-order valence-electron chi connectivity index (χ3n) is 6.79. The number of ketones is 2. The van der Waals surface area contributed by atoms with Crippen LogP contribution in [0.5, 0.6) is 23.0 Å². The molecule has 1 aliphatic rings. The number of phenols is 2. The summed E-state index contributed by atoms with van der Waals surface area (Å²) in [6.45, 7) is 1.64. The molecule has 46 heavy (non-hydrogen) atoms. The lowest BCUT2D eigenvalue weighted by molar-refractivity contribution is 0.0686. The molecule has 1 aromatic heterocycles. The van der Waals surface area contributed by atoms with Gasteiger partial charge in [0.15, 0.2) is 17.3 Å². The van der Waals surface area contributed by atoms with Crippen LogP contribution in [0.2, 0.25) is 0 Å². The van der Waals surface area contributed by atoms with Gasteiger partial charge in [0.2, 0.25) is 17.0 Å². The smallest absolute Gasteiger partial charge is 0.335 e. The molecule has 0 aliphatic heterocycles. The summed E-state index contributed by atoms with van der Waals surface area (Å²) in [6, 6.07) is 20.6. The van der Waals surface area contributed by atoms with Crippen LogP contribution in [0.3, 0.4) is 0 Å². The first-order chi connectivity index (χ1) is 21.9. The lowest BCUT2D eigenvalue weighted by atomic mass is 9.85. The Labute approximate surface area is 260 Å². The van der Waals surface area contributed by atoms with Crippen molar-refractivity contribution in [3.63, 3.8) is 0 Å². The number of hydrogen-bond acceptors (Lipinski definition) is 10. The molecule has 0 radical (unpaired) electrons. The van der Waals surface area contributed by atoms with E-state index in [-0.39, 0.29) is 16.7 Å². The highest BCUT2D eigenvalue weighted by molar-refractivity contribution is 6.30. The maximum Gasteiger partial charge on any atom is 0.335 e. The van der Waals surface area contributed by atoms with Gasteiger partial charge in [0.05, 0.1) is 41.9 Å². The Morgan fingerprint density at radius 2 is 1.24 bits per heavy atom. The van der Waals surface area contributed by atoms with Crippen LogP contribution in [-0.2, 0) is 0 Å². The zero-order valence-corrected chi connectivity index (χ0v) is 24.6. The molecule has 1 heterocycles. The van der Waals surface area contributed by atoms with E-state index in [1.807, 2.05) is 0 Å². The van der Waals surface area contributed by atoms with Crippen molar-refractivity contribution in [3.8, 4) is 23.0 Å². The topological polar surface area (TPSA) is 198 Å². The van der Waals surface area contributed by atoms with Crippen LogP contribution in [0.15, 0.2) is 88.1 Å². The fourth-order valence-corrected chi connectivity index (χ4v) is 4.61. The molecule has 0 amide bonds. The summed E-state index contributed by atoms with van der Waals surface area (Å²) >= 11 is 0. The fraction of sp³-hybridized carbons (Fsp3) is 0.0882. The minimum absolute atomic E-state index is 0.0665. The first kappa shape index (κ1) is 32.5. The number of carbonyl (C=O) groups excluding carboxylic acids is 2. The van der Waals surface area contributed by atoms with Crippen LogP contribution in [-0.4, -0.2) is 58.2 Å². The number of fused-ring (bicyclic) bond motifs is 3. The van der Waals surface area contributed by atoms with E-state index in [9.17, 15) is 34.2 Å². The number of hydrogen-bond donors (Lipinski definition) is 4. The lowest BCUT2D eigenvalue weighted by Crippen LogP contribution is -2.28. The zero-order chi connectivity index (χ0) is 33.7. The van der Waals surface area contributed by atoms with Gasteiger partial charge in [-0.2, -0.15) is 0 Å². The molecule has 0 saturated carbocycles. The fourth-order valence-electron chi connectivity index (χ4n) is 4.61. The van der Waals surface area contributed by atoms with E-state index in [0.29, 0.717) is 22.4 Å². The van der Waals surface area contributed by atoms with Crippen molar-refractivity contribution in [1.82, 2.24) is 0 Å². The summed E-state index contributed by atoms with van der Waals surface area (Å²) in [5.74, 6) is -5.08. The van der Waals surface area contributed by atoms with Crippen LogP contribution in [0.25, 0.3) is 11.0 Å². The second-order valence-corrected chi connectivity index (χ2v) is 9.65. The van der Waals surface area contributed by atoms with Gasteiger partial charge < -0.3 is 34.3 Å². The van der Waals surface area contributed by atoms with Crippen molar-refractivity contribution in [2.24, 2.45) is 0 Å². The molecule has 0 fully saturated rings. The van der Waals surface area contributed by atoms with Crippen LogP contribution in [0, 0.1) is 6.92 Å². The molecular weight excluding hydrogens is 600 g/mol. The molecule has 4 N–H and O–H groups in total. The van der Waals surface area contributed by atoms with Crippen molar-refractivity contribution in [1.29, 1.82) is 0 Å². The van der Waals surface area contributed by atoms with E-state index >= 15 is 0 Å². The Balaban J connectivity index is 0.000000216. The zero-order valence-electron chi connectivity index (χ0n) is 24.6. The van der Waals surface area contributed by atoms with Gasteiger partial charge in [0.1, 0.15) is 22.6 Å². The quantitative estimate of drug-likeness (QED) is 0.190. The van der Waals surface area contributed by atoms with Gasteiger partial charge in [-0.3, -0.25) is 14.4 Å². The average Bonchev–Trinajstić information content (AvgIpc) is 3.05. The molecule has 0 atom stereocenters. The third-order valence-corrected chi connectivity index (χ3v) is 6.79. The monoisotopic (exact) mass is 626 g/mol. The molecule has 5 aromatic rings. The number of phenolic OH excluding ortho intramolecular Hbond substituents is 2. The standard InChI is InChI=1S/C20H14O8.2C7H6O2/c1-7-4-8(26-2)5-10-12(7)17(23)15-18(24)13-9(21)6-11(27-3)16(22)14(13)19(25)20(15)28-10;2*8-7(9)6-4-2-1-3-5-6/h4-6,21-22H,1-3H3;2*1-5H,(H,8,9). The number of carboxylic acid groups (broad SMARTS) is 2. The first-order valence-corrected chi connectivity index (χ1v) is 13.4. The highest BCUT2D eigenvalue weighted by atomic mass is 16.5. The number of methoxy groups -OCH3 is 2. The largest absolute Gasteiger partial charge is 0.507 e. The van der Waals surface area contributed by atoms with E-state index in [1.54, 1.807) is 73.7 Å². The molecular formula is C34H26O12. The molecule has 6 rings (SSSR count). The van der Waals surface area contributed by atoms with Crippen molar-refractivity contribution in [2.45, 2.75) is 6.92 Å². The molecule has 1 aliphatic carbocycles. The van der Waals surface area contributed by atoms with Crippen molar-refractivity contribution in [2.75, 3.05) is 14.2 Å². The van der Waals surface area contributed by atoms with Gasteiger partial charge in [-0.25, -0.2) is 9.59 Å². The number of rotatable bonds is 4. The number of benzene rings is 4. The number of carbonyl (C=O) groups is 4. The van der Waals surface area contributed by atoms with Crippen LogP contribution < -0.4 is 14.9 Å². The van der Waals surface area contributed by atoms with Crippen molar-refractivity contribution >= 4 is 34.5 Å². The predicted molar refractivity (Wildman–Crippen MR) is 164 cm³/mol. The number of aryl methyl sites for hydroxylation is 1. The molecule has 0 saturated heterocycles. The van der Waals surface area contributed by atoms with Gasteiger partial charge in [0.25, 0.3) is 0 Å². The summed E-state index contributed by atoms with van der Waals surface area (Å²) < 4.78 is 15.7. The van der Waals surface area contributed by atoms with E-state index in [0.717, 1.165) is 6.07 Å². The molecule has 234 valence electrons. The first-order valence-electron chi connectivity index (χ1n) is 13.4. The summed E-state index contributed by atoms with van der Waals surface area (Å²) in [5, 5.41) is 37.4. The highest BCUT2D eigenvalue weighted by Crippen LogP contribution is 2.43. The van der Waals surface area contributed by atoms with E-state index < -0.39 is 62.9 Å². The van der Waals surface area contributed by atoms with Gasteiger partial charge >= 0.3 is 11.9 Å². The Morgan fingerprint density at radius 3 is 1.70 bits per heavy atom. The summed E-state index contributed by atoms with van der Waals surface area (Å²) in [5.41, 5.74) is -0.899. The lowest BCUT2D eigenvalue weighted by Gasteiger charge is -2.20. The minimum atomic E-state index is -0.911. The Hall–Kier alpha value is -6.43. The maximum absolute atomic E-state index is 13.0. The Bertz CT molecular complexity index is 2000. The Morgan fingerprint density at radius 1 is 0.696 bits per heavy atom. The van der Waals surface area contributed by atoms with Gasteiger partial charge in [0, 0.05) is 12.1 Å². The van der Waals surface area contributed by atoms with Crippen LogP contribution >= 0.6 is 0 Å². The number of ether oxygens (including phenoxy) is 2. The molecule has 12 nitrogen and oxygen atoms in total. The highest BCUT2D eigenvalue weighted by Gasteiger charge is 2.40. The van der Waals surface area contributed by atoms with Crippen molar-refractivity contribution in [3.05, 3.63) is 128 Å². The number of aromatic carboxylic acids is 2.